The maximum atomic E-state index is 12.1. The molecule has 0 saturated heterocycles. The highest BCUT2D eigenvalue weighted by atomic mass is 16.1. The molecule has 0 aliphatic carbocycles. The summed E-state index contributed by atoms with van der Waals surface area (Å²) < 4.78 is 0. The molecule has 2 N–H and O–H groups in total. The number of rotatable bonds is 3. The first-order valence-electron chi connectivity index (χ1n) is 7.60. The van der Waals surface area contributed by atoms with E-state index in [1.54, 1.807) is 7.05 Å². The van der Waals surface area contributed by atoms with E-state index in [1.165, 1.54) is 29.7 Å². The van der Waals surface area contributed by atoms with Crippen LogP contribution in [-0.4, -0.2) is 32.1 Å². The Balaban J connectivity index is 2.08. The molecule has 2 aliphatic heterocycles. The lowest BCUT2D eigenvalue weighted by Gasteiger charge is -2.26. The number of nitrogens with zero attached hydrogens (tertiary/aromatic N) is 1. The fraction of sp³-hybridized carbons (Fsp3) is 0.562. The molecular weight excluding hydrogens is 250 g/mol. The standard InChI is InChI=1S/C16H23N3O/c1-3-4-12-9-14-13(16(20)17-2)6-5-11-10-18-7-8-19(12)15(11)14/h5-6,12,18H,3-4,7-10H2,1-2H3,(H,17,20). The van der Waals surface area contributed by atoms with E-state index in [4.69, 9.17) is 0 Å². The Hall–Kier alpha value is -1.55. The Labute approximate surface area is 120 Å². The van der Waals surface area contributed by atoms with Gasteiger partial charge in [0.1, 0.15) is 0 Å². The van der Waals surface area contributed by atoms with Gasteiger partial charge >= 0.3 is 0 Å². The predicted octanol–water partition coefficient (Wildman–Crippen LogP) is 1.68. The molecule has 0 spiro atoms. The monoisotopic (exact) mass is 273 g/mol. The maximum Gasteiger partial charge on any atom is 0.251 e. The number of carbonyl (C=O) groups excluding carboxylic acids is 1. The molecule has 108 valence electrons. The van der Waals surface area contributed by atoms with Crippen molar-refractivity contribution in [3.63, 3.8) is 0 Å². The Bertz CT molecular complexity index is 527. The molecule has 0 fully saturated rings. The number of hydrogen-bond acceptors (Lipinski definition) is 3. The first-order valence-corrected chi connectivity index (χ1v) is 7.60. The van der Waals surface area contributed by atoms with E-state index in [2.05, 4.69) is 28.5 Å². The summed E-state index contributed by atoms with van der Waals surface area (Å²) in [7, 11) is 1.71. The van der Waals surface area contributed by atoms with Gasteiger partial charge in [0, 0.05) is 44.0 Å². The number of hydrogen-bond donors (Lipinski definition) is 2. The summed E-state index contributed by atoms with van der Waals surface area (Å²) in [5.41, 5.74) is 4.78. The van der Waals surface area contributed by atoms with Crippen LogP contribution in [0.5, 0.6) is 0 Å². The molecule has 1 aromatic carbocycles. The molecular formula is C16H23N3O. The molecule has 1 aromatic rings. The van der Waals surface area contributed by atoms with Gasteiger partial charge in [0.2, 0.25) is 0 Å². The number of anilines is 1. The fourth-order valence-corrected chi connectivity index (χ4v) is 3.58. The third-order valence-corrected chi connectivity index (χ3v) is 4.47. The second kappa shape index (κ2) is 5.44. The highest BCUT2D eigenvalue weighted by Gasteiger charge is 2.34. The van der Waals surface area contributed by atoms with Crippen LogP contribution in [0, 0.1) is 0 Å². The zero-order valence-electron chi connectivity index (χ0n) is 12.3. The summed E-state index contributed by atoms with van der Waals surface area (Å²) >= 11 is 0. The van der Waals surface area contributed by atoms with Crippen LogP contribution in [0.25, 0.3) is 0 Å². The van der Waals surface area contributed by atoms with Crippen LogP contribution >= 0.6 is 0 Å². The average Bonchev–Trinajstić information content (AvgIpc) is 2.68. The quantitative estimate of drug-likeness (QED) is 0.880. The van der Waals surface area contributed by atoms with Gasteiger partial charge in [-0.1, -0.05) is 19.4 Å². The smallest absolute Gasteiger partial charge is 0.251 e. The molecule has 20 heavy (non-hydrogen) atoms. The second-order valence-corrected chi connectivity index (χ2v) is 5.70. The van der Waals surface area contributed by atoms with Gasteiger partial charge in [-0.3, -0.25) is 4.79 Å². The summed E-state index contributed by atoms with van der Waals surface area (Å²) in [5.74, 6) is 0.0390. The van der Waals surface area contributed by atoms with Gasteiger partial charge in [-0.25, -0.2) is 0 Å². The first kappa shape index (κ1) is 13.4. The van der Waals surface area contributed by atoms with Crippen LogP contribution in [0.3, 0.4) is 0 Å². The Morgan fingerprint density at radius 1 is 1.50 bits per heavy atom. The number of carbonyl (C=O) groups is 1. The van der Waals surface area contributed by atoms with E-state index in [9.17, 15) is 4.79 Å². The molecule has 4 heteroatoms. The summed E-state index contributed by atoms with van der Waals surface area (Å²) in [6.45, 7) is 5.21. The molecule has 3 rings (SSSR count). The number of amides is 1. The van der Waals surface area contributed by atoms with Crippen molar-refractivity contribution in [2.24, 2.45) is 0 Å². The maximum absolute atomic E-state index is 12.1. The molecule has 0 bridgehead atoms. The summed E-state index contributed by atoms with van der Waals surface area (Å²) in [6.07, 6.45) is 3.40. The minimum atomic E-state index is 0.0390. The van der Waals surface area contributed by atoms with Gasteiger partial charge in [0.25, 0.3) is 5.91 Å². The van der Waals surface area contributed by atoms with Crippen molar-refractivity contribution in [3.8, 4) is 0 Å². The zero-order chi connectivity index (χ0) is 14.1. The van der Waals surface area contributed by atoms with Crippen molar-refractivity contribution in [1.82, 2.24) is 10.6 Å². The van der Waals surface area contributed by atoms with Crippen molar-refractivity contribution in [2.45, 2.75) is 38.8 Å². The molecule has 0 aromatic heterocycles. The molecule has 0 saturated carbocycles. The van der Waals surface area contributed by atoms with Crippen LogP contribution < -0.4 is 15.5 Å². The van der Waals surface area contributed by atoms with Crippen LogP contribution in [0.2, 0.25) is 0 Å². The van der Waals surface area contributed by atoms with Crippen LogP contribution in [0.1, 0.15) is 41.3 Å². The van der Waals surface area contributed by atoms with E-state index >= 15 is 0 Å². The number of nitrogens with one attached hydrogen (secondary N) is 2. The lowest BCUT2D eigenvalue weighted by atomic mass is 9.98. The third-order valence-electron chi connectivity index (χ3n) is 4.47. The average molecular weight is 273 g/mol. The summed E-state index contributed by atoms with van der Waals surface area (Å²) in [6, 6.07) is 4.66. The molecule has 1 atom stereocenters. The van der Waals surface area contributed by atoms with E-state index in [0.29, 0.717) is 6.04 Å². The number of benzene rings is 1. The Morgan fingerprint density at radius 2 is 2.35 bits per heavy atom. The fourth-order valence-electron chi connectivity index (χ4n) is 3.58. The van der Waals surface area contributed by atoms with Gasteiger partial charge in [0.15, 0.2) is 0 Å². The van der Waals surface area contributed by atoms with Gasteiger partial charge in [-0.2, -0.15) is 0 Å². The largest absolute Gasteiger partial charge is 0.366 e. The molecule has 0 radical (unpaired) electrons. The minimum absolute atomic E-state index is 0.0390. The van der Waals surface area contributed by atoms with Gasteiger partial charge in [-0.05, 0) is 30.0 Å². The molecule has 2 aliphatic rings. The second-order valence-electron chi connectivity index (χ2n) is 5.70. The van der Waals surface area contributed by atoms with E-state index in [0.717, 1.165) is 31.6 Å². The van der Waals surface area contributed by atoms with Crippen molar-refractivity contribution < 1.29 is 4.79 Å². The van der Waals surface area contributed by atoms with Gasteiger partial charge < -0.3 is 15.5 Å². The van der Waals surface area contributed by atoms with Crippen molar-refractivity contribution >= 4 is 11.6 Å². The van der Waals surface area contributed by atoms with Gasteiger partial charge in [-0.15, -0.1) is 0 Å². The van der Waals surface area contributed by atoms with Crippen molar-refractivity contribution in [3.05, 3.63) is 28.8 Å². The summed E-state index contributed by atoms with van der Waals surface area (Å²) in [5, 5.41) is 6.25. The normalized spacial score (nSPS) is 20.5. The minimum Gasteiger partial charge on any atom is -0.366 e. The van der Waals surface area contributed by atoms with Crippen LogP contribution in [0.4, 0.5) is 5.69 Å². The lowest BCUT2D eigenvalue weighted by molar-refractivity contribution is 0.0962. The summed E-state index contributed by atoms with van der Waals surface area (Å²) in [4.78, 5) is 14.6. The SMILES string of the molecule is CCCC1Cc2c(C(=O)NC)ccc3c2N1CCNC3. The predicted molar refractivity (Wildman–Crippen MR) is 81.3 cm³/mol. The molecule has 1 amide bonds. The van der Waals surface area contributed by atoms with Crippen molar-refractivity contribution in [2.75, 3.05) is 25.0 Å². The van der Waals surface area contributed by atoms with E-state index in [-0.39, 0.29) is 5.91 Å². The zero-order valence-corrected chi connectivity index (χ0v) is 12.3. The molecule has 2 heterocycles. The van der Waals surface area contributed by atoms with E-state index in [1.807, 2.05) is 6.07 Å². The topological polar surface area (TPSA) is 44.4 Å². The highest BCUT2D eigenvalue weighted by molar-refractivity contribution is 5.98. The lowest BCUT2D eigenvalue weighted by Crippen LogP contribution is -2.35. The third kappa shape index (κ3) is 2.08. The van der Waals surface area contributed by atoms with E-state index < -0.39 is 0 Å². The highest BCUT2D eigenvalue weighted by Crippen LogP contribution is 2.39. The Kier molecular flexibility index (Phi) is 3.66. The van der Waals surface area contributed by atoms with Crippen LogP contribution in [-0.2, 0) is 13.0 Å². The molecule has 1 unspecified atom stereocenters. The van der Waals surface area contributed by atoms with Crippen molar-refractivity contribution in [1.29, 1.82) is 0 Å². The molecule has 4 nitrogen and oxygen atoms in total. The van der Waals surface area contributed by atoms with Gasteiger partial charge in [0.05, 0.1) is 0 Å². The Morgan fingerprint density at radius 3 is 3.10 bits per heavy atom. The van der Waals surface area contributed by atoms with Crippen LogP contribution in [0.15, 0.2) is 12.1 Å². The first-order chi connectivity index (χ1) is 9.76.